The Morgan fingerprint density at radius 3 is 2.90 bits per heavy atom. The van der Waals surface area contributed by atoms with E-state index in [9.17, 15) is 9.59 Å². The van der Waals surface area contributed by atoms with Crippen molar-refractivity contribution in [2.24, 2.45) is 0 Å². The summed E-state index contributed by atoms with van der Waals surface area (Å²) in [4.78, 5) is 25.5. The third-order valence-electron chi connectivity index (χ3n) is 3.34. The maximum absolute atomic E-state index is 12.1. The van der Waals surface area contributed by atoms with Crippen molar-refractivity contribution in [2.75, 3.05) is 25.0 Å². The van der Waals surface area contributed by atoms with Gasteiger partial charge in [-0.05, 0) is 38.1 Å². The Bertz CT molecular complexity index is 528. The van der Waals surface area contributed by atoms with E-state index < -0.39 is 6.10 Å². The molecule has 20 heavy (non-hydrogen) atoms. The number of anilines is 1. The Morgan fingerprint density at radius 1 is 1.45 bits per heavy atom. The van der Waals surface area contributed by atoms with Gasteiger partial charge < -0.3 is 15.0 Å². The summed E-state index contributed by atoms with van der Waals surface area (Å²) in [6.07, 6.45) is 0.501. The zero-order valence-corrected chi connectivity index (χ0v) is 12.1. The van der Waals surface area contributed by atoms with Gasteiger partial charge in [-0.1, -0.05) is 6.92 Å². The van der Waals surface area contributed by atoms with Gasteiger partial charge in [0.2, 0.25) is 0 Å². The van der Waals surface area contributed by atoms with Crippen molar-refractivity contribution >= 4 is 17.4 Å². The molecule has 1 atom stereocenters. The molecule has 2 rings (SSSR count). The SMILES string of the molecule is CCCNCC(=O)c1ccc2c(c1)N(C)C(=O)C(C)O2. The molecule has 0 fully saturated rings. The minimum absolute atomic E-state index is 0.0146. The molecule has 0 aliphatic carbocycles. The number of likely N-dealkylation sites (N-methyl/N-ethyl adjacent to an activating group) is 1. The van der Waals surface area contributed by atoms with E-state index in [-0.39, 0.29) is 11.7 Å². The molecule has 1 aromatic carbocycles. The molecule has 1 amide bonds. The fourth-order valence-electron chi connectivity index (χ4n) is 2.17. The van der Waals surface area contributed by atoms with E-state index in [0.717, 1.165) is 13.0 Å². The average Bonchev–Trinajstić information content (AvgIpc) is 2.45. The molecule has 0 radical (unpaired) electrons. The predicted molar refractivity (Wildman–Crippen MR) is 77.4 cm³/mol. The maximum Gasteiger partial charge on any atom is 0.267 e. The van der Waals surface area contributed by atoms with Gasteiger partial charge in [-0.2, -0.15) is 0 Å². The predicted octanol–water partition coefficient (Wildman–Crippen LogP) is 1.61. The lowest BCUT2D eigenvalue weighted by molar-refractivity contribution is -0.125. The van der Waals surface area contributed by atoms with Crippen LogP contribution in [0.1, 0.15) is 30.6 Å². The highest BCUT2D eigenvalue weighted by molar-refractivity contribution is 6.03. The van der Waals surface area contributed by atoms with Gasteiger partial charge in [0.25, 0.3) is 5.91 Å². The number of rotatable bonds is 5. The molecule has 108 valence electrons. The second-order valence-corrected chi connectivity index (χ2v) is 4.94. The van der Waals surface area contributed by atoms with Crippen LogP contribution in [0.15, 0.2) is 18.2 Å². The number of carbonyl (C=O) groups is 2. The number of nitrogens with one attached hydrogen (secondary N) is 1. The Labute approximate surface area is 118 Å². The normalized spacial score (nSPS) is 17.6. The van der Waals surface area contributed by atoms with Crippen LogP contribution in [0, 0.1) is 0 Å². The van der Waals surface area contributed by atoms with Gasteiger partial charge in [-0.15, -0.1) is 0 Å². The highest BCUT2D eigenvalue weighted by atomic mass is 16.5. The average molecular weight is 276 g/mol. The molecule has 5 heteroatoms. The summed E-state index contributed by atoms with van der Waals surface area (Å²) < 4.78 is 5.53. The molecule has 0 saturated heterocycles. The smallest absolute Gasteiger partial charge is 0.267 e. The van der Waals surface area contributed by atoms with Gasteiger partial charge in [-0.3, -0.25) is 9.59 Å². The molecule has 1 heterocycles. The van der Waals surface area contributed by atoms with E-state index >= 15 is 0 Å². The Morgan fingerprint density at radius 2 is 2.20 bits per heavy atom. The van der Waals surface area contributed by atoms with Crippen LogP contribution in [0.2, 0.25) is 0 Å². The monoisotopic (exact) mass is 276 g/mol. The first kappa shape index (κ1) is 14.5. The molecular formula is C15H20N2O3. The number of ketones is 1. The van der Waals surface area contributed by atoms with Crippen molar-refractivity contribution in [2.45, 2.75) is 26.4 Å². The topological polar surface area (TPSA) is 58.6 Å². The van der Waals surface area contributed by atoms with Crippen LogP contribution in [-0.2, 0) is 4.79 Å². The number of hydrogen-bond acceptors (Lipinski definition) is 4. The minimum atomic E-state index is -0.486. The zero-order chi connectivity index (χ0) is 14.7. The largest absolute Gasteiger partial charge is 0.479 e. The fourth-order valence-corrected chi connectivity index (χ4v) is 2.17. The Kier molecular flexibility index (Phi) is 4.39. The van der Waals surface area contributed by atoms with E-state index in [2.05, 4.69) is 12.2 Å². The lowest BCUT2D eigenvalue weighted by Gasteiger charge is -2.30. The van der Waals surface area contributed by atoms with Crippen LogP contribution in [0.3, 0.4) is 0 Å². The first-order chi connectivity index (χ1) is 9.54. The molecule has 1 unspecified atom stereocenters. The Hall–Kier alpha value is -1.88. The van der Waals surface area contributed by atoms with Crippen LogP contribution >= 0.6 is 0 Å². The number of hydrogen-bond donors (Lipinski definition) is 1. The molecule has 0 spiro atoms. The van der Waals surface area contributed by atoms with Crippen LogP contribution in [0.4, 0.5) is 5.69 Å². The lowest BCUT2D eigenvalue weighted by atomic mass is 10.1. The Balaban J connectivity index is 2.19. The summed E-state index contributed by atoms with van der Waals surface area (Å²) in [5.41, 5.74) is 1.24. The highest BCUT2D eigenvalue weighted by Crippen LogP contribution is 2.33. The van der Waals surface area contributed by atoms with Crippen molar-refractivity contribution in [1.29, 1.82) is 0 Å². The molecule has 0 bridgehead atoms. The lowest BCUT2D eigenvalue weighted by Crippen LogP contribution is -2.42. The van der Waals surface area contributed by atoms with Gasteiger partial charge in [0, 0.05) is 12.6 Å². The summed E-state index contributed by atoms with van der Waals surface area (Å²) in [6, 6.07) is 5.21. The molecule has 0 aromatic heterocycles. The summed E-state index contributed by atoms with van der Waals surface area (Å²) >= 11 is 0. The van der Waals surface area contributed by atoms with Gasteiger partial charge in [0.1, 0.15) is 5.75 Å². The third kappa shape index (κ3) is 2.82. The number of Topliss-reactive ketones (excluding diaryl/α,β-unsaturated/α-hetero) is 1. The van der Waals surface area contributed by atoms with Gasteiger partial charge >= 0.3 is 0 Å². The fraction of sp³-hybridized carbons (Fsp3) is 0.467. The second-order valence-electron chi connectivity index (χ2n) is 4.94. The van der Waals surface area contributed by atoms with Crippen LogP contribution in [0.5, 0.6) is 5.75 Å². The van der Waals surface area contributed by atoms with Gasteiger partial charge in [0.15, 0.2) is 11.9 Å². The number of nitrogens with zero attached hydrogens (tertiary/aromatic N) is 1. The summed E-state index contributed by atoms with van der Waals surface area (Å²) in [7, 11) is 1.70. The summed E-state index contributed by atoms with van der Waals surface area (Å²) in [5.74, 6) is 0.546. The summed E-state index contributed by atoms with van der Waals surface area (Å²) in [5, 5.41) is 3.08. The van der Waals surface area contributed by atoms with E-state index in [0.29, 0.717) is 23.5 Å². The first-order valence-electron chi connectivity index (χ1n) is 6.86. The number of ether oxygens (including phenoxy) is 1. The first-order valence-corrected chi connectivity index (χ1v) is 6.86. The van der Waals surface area contributed by atoms with Crippen LogP contribution in [-0.4, -0.2) is 37.9 Å². The maximum atomic E-state index is 12.1. The van der Waals surface area contributed by atoms with Crippen LogP contribution in [0.25, 0.3) is 0 Å². The number of fused-ring (bicyclic) bond motifs is 1. The third-order valence-corrected chi connectivity index (χ3v) is 3.34. The molecule has 1 aliphatic heterocycles. The van der Waals surface area contributed by atoms with Crippen molar-refractivity contribution in [1.82, 2.24) is 5.32 Å². The van der Waals surface area contributed by atoms with Gasteiger partial charge in [0.05, 0.1) is 12.2 Å². The molecular weight excluding hydrogens is 256 g/mol. The molecule has 5 nitrogen and oxygen atoms in total. The number of amides is 1. The van der Waals surface area contributed by atoms with E-state index in [1.54, 1.807) is 37.1 Å². The van der Waals surface area contributed by atoms with Gasteiger partial charge in [-0.25, -0.2) is 0 Å². The van der Waals surface area contributed by atoms with Crippen molar-refractivity contribution in [3.63, 3.8) is 0 Å². The molecule has 1 N–H and O–H groups in total. The number of benzene rings is 1. The summed E-state index contributed by atoms with van der Waals surface area (Å²) in [6.45, 7) is 4.89. The van der Waals surface area contributed by atoms with Crippen molar-refractivity contribution in [3.05, 3.63) is 23.8 Å². The molecule has 1 aromatic rings. The standard InChI is InChI=1S/C15H20N2O3/c1-4-7-16-9-13(18)11-5-6-14-12(8-11)17(3)15(19)10(2)20-14/h5-6,8,10,16H,4,7,9H2,1-3H3. The van der Waals surface area contributed by atoms with E-state index in [4.69, 9.17) is 4.74 Å². The van der Waals surface area contributed by atoms with E-state index in [1.807, 2.05) is 0 Å². The highest BCUT2D eigenvalue weighted by Gasteiger charge is 2.29. The van der Waals surface area contributed by atoms with E-state index in [1.165, 1.54) is 0 Å². The second kappa shape index (κ2) is 6.05. The molecule has 1 aliphatic rings. The van der Waals surface area contributed by atoms with Crippen LogP contribution < -0.4 is 15.0 Å². The minimum Gasteiger partial charge on any atom is -0.479 e. The zero-order valence-electron chi connectivity index (χ0n) is 12.1. The quantitative estimate of drug-likeness (QED) is 0.656. The van der Waals surface area contributed by atoms with Crippen molar-refractivity contribution in [3.8, 4) is 5.75 Å². The molecule has 0 saturated carbocycles. The number of carbonyl (C=O) groups excluding carboxylic acids is 2. The van der Waals surface area contributed by atoms with Crippen molar-refractivity contribution < 1.29 is 14.3 Å².